The first-order chi connectivity index (χ1) is 14.6. The van der Waals surface area contributed by atoms with Crippen molar-refractivity contribution < 1.29 is 14.4 Å². The highest BCUT2D eigenvalue weighted by molar-refractivity contribution is 6.05. The molecule has 6 heteroatoms. The molecule has 30 heavy (non-hydrogen) atoms. The molecule has 1 aliphatic heterocycles. The van der Waals surface area contributed by atoms with E-state index in [1.54, 1.807) is 5.01 Å². The summed E-state index contributed by atoms with van der Waals surface area (Å²) in [4.78, 5) is 39.2. The van der Waals surface area contributed by atoms with Gasteiger partial charge in [-0.25, -0.2) is 0 Å². The average molecular weight is 405 g/mol. The summed E-state index contributed by atoms with van der Waals surface area (Å²) in [5.41, 5.74) is 4.88. The van der Waals surface area contributed by atoms with Gasteiger partial charge in [0.25, 0.3) is 0 Å². The molecule has 1 aliphatic carbocycles. The smallest absolute Gasteiger partial charge is 0.240 e. The zero-order valence-corrected chi connectivity index (χ0v) is 17.0. The minimum absolute atomic E-state index is 0.0923. The van der Waals surface area contributed by atoms with Crippen LogP contribution in [0.3, 0.4) is 0 Å². The van der Waals surface area contributed by atoms with Crippen LogP contribution in [0.4, 0.5) is 5.69 Å². The number of rotatable bonds is 7. The summed E-state index contributed by atoms with van der Waals surface area (Å²) in [5, 5.41) is 1.80. The van der Waals surface area contributed by atoms with Crippen LogP contribution in [0, 0.1) is 11.8 Å². The Bertz CT molecular complexity index is 876. The van der Waals surface area contributed by atoms with Crippen LogP contribution in [0.5, 0.6) is 0 Å². The Balaban J connectivity index is 1.39. The molecule has 156 valence electrons. The predicted molar refractivity (Wildman–Crippen MR) is 114 cm³/mol. The SMILES string of the molecule is O=C(CCN1C(=O)C2CCCCC2C1=O)NN(Cc1ccccc1)c1ccccc1. The van der Waals surface area contributed by atoms with E-state index in [9.17, 15) is 14.4 Å². The molecule has 6 nitrogen and oxygen atoms in total. The van der Waals surface area contributed by atoms with Crippen LogP contribution in [0.15, 0.2) is 60.7 Å². The van der Waals surface area contributed by atoms with Gasteiger partial charge in [-0.15, -0.1) is 0 Å². The number of nitrogens with zero attached hydrogens (tertiary/aromatic N) is 2. The summed E-state index contributed by atoms with van der Waals surface area (Å²) >= 11 is 0. The van der Waals surface area contributed by atoms with Crippen LogP contribution in [0.25, 0.3) is 0 Å². The van der Waals surface area contributed by atoms with Crippen LogP contribution in [0.2, 0.25) is 0 Å². The number of hydrogen-bond donors (Lipinski definition) is 1. The molecule has 3 amide bonds. The number of fused-ring (bicyclic) bond motifs is 1. The molecular weight excluding hydrogens is 378 g/mol. The van der Waals surface area contributed by atoms with Crippen LogP contribution in [-0.2, 0) is 20.9 Å². The Morgan fingerprint density at radius 1 is 0.900 bits per heavy atom. The number of imide groups is 1. The van der Waals surface area contributed by atoms with Gasteiger partial charge in [0, 0.05) is 13.0 Å². The molecule has 1 saturated heterocycles. The van der Waals surface area contributed by atoms with Crippen molar-refractivity contribution in [3.8, 4) is 0 Å². The fourth-order valence-electron chi connectivity index (χ4n) is 4.44. The Morgan fingerprint density at radius 2 is 1.47 bits per heavy atom. The molecule has 0 bridgehead atoms. The molecule has 2 aromatic rings. The Hall–Kier alpha value is -3.15. The highest BCUT2D eigenvalue weighted by atomic mass is 16.2. The van der Waals surface area contributed by atoms with E-state index in [0.29, 0.717) is 6.54 Å². The highest BCUT2D eigenvalue weighted by Gasteiger charge is 2.47. The number of carbonyl (C=O) groups is 3. The van der Waals surface area contributed by atoms with E-state index >= 15 is 0 Å². The number of benzene rings is 2. The van der Waals surface area contributed by atoms with Crippen LogP contribution < -0.4 is 10.4 Å². The summed E-state index contributed by atoms with van der Waals surface area (Å²) < 4.78 is 0. The molecule has 1 heterocycles. The van der Waals surface area contributed by atoms with E-state index in [0.717, 1.165) is 36.9 Å². The lowest BCUT2D eigenvalue weighted by Crippen LogP contribution is -2.43. The van der Waals surface area contributed by atoms with Crippen molar-refractivity contribution in [2.24, 2.45) is 11.8 Å². The van der Waals surface area contributed by atoms with E-state index < -0.39 is 0 Å². The third kappa shape index (κ3) is 4.37. The fraction of sp³-hybridized carbons (Fsp3) is 0.375. The lowest BCUT2D eigenvalue weighted by molar-refractivity contribution is -0.140. The first kappa shape index (κ1) is 20.1. The van der Waals surface area contributed by atoms with Gasteiger partial charge in [-0.3, -0.25) is 29.7 Å². The molecule has 1 N–H and O–H groups in total. The zero-order valence-electron chi connectivity index (χ0n) is 17.0. The predicted octanol–water partition coefficient (Wildman–Crippen LogP) is 3.29. The number of carbonyl (C=O) groups excluding carboxylic acids is 3. The van der Waals surface area contributed by atoms with Gasteiger partial charge in [0.2, 0.25) is 17.7 Å². The fourth-order valence-corrected chi connectivity index (χ4v) is 4.44. The number of hydrogen-bond acceptors (Lipinski definition) is 4. The quantitative estimate of drug-likeness (QED) is 0.567. The number of hydrazine groups is 1. The van der Waals surface area contributed by atoms with Gasteiger partial charge < -0.3 is 0 Å². The maximum atomic E-state index is 12.7. The molecule has 2 atom stereocenters. The molecule has 2 fully saturated rings. The number of para-hydroxylation sites is 1. The van der Waals surface area contributed by atoms with Gasteiger partial charge in [-0.05, 0) is 30.5 Å². The number of anilines is 1. The molecule has 0 aromatic heterocycles. The van der Waals surface area contributed by atoms with Crippen molar-refractivity contribution in [1.29, 1.82) is 0 Å². The van der Waals surface area contributed by atoms with Gasteiger partial charge in [0.05, 0.1) is 24.1 Å². The van der Waals surface area contributed by atoms with Crippen molar-refractivity contribution in [1.82, 2.24) is 10.3 Å². The number of nitrogens with one attached hydrogen (secondary N) is 1. The van der Waals surface area contributed by atoms with Gasteiger partial charge >= 0.3 is 0 Å². The van der Waals surface area contributed by atoms with Crippen molar-refractivity contribution in [3.63, 3.8) is 0 Å². The molecule has 2 unspecified atom stereocenters. The summed E-state index contributed by atoms with van der Waals surface area (Å²) in [6.07, 6.45) is 3.67. The third-order valence-electron chi connectivity index (χ3n) is 6.01. The summed E-state index contributed by atoms with van der Waals surface area (Å²) in [5.74, 6) is -0.755. The molecule has 1 saturated carbocycles. The molecular formula is C24H27N3O3. The summed E-state index contributed by atoms with van der Waals surface area (Å²) in [6.45, 7) is 0.660. The Kier molecular flexibility index (Phi) is 6.12. The van der Waals surface area contributed by atoms with Gasteiger partial charge in [0.1, 0.15) is 0 Å². The van der Waals surface area contributed by atoms with Crippen molar-refractivity contribution >= 4 is 23.4 Å². The number of amides is 3. The minimum Gasteiger partial charge on any atom is -0.282 e. The van der Waals surface area contributed by atoms with E-state index in [1.807, 2.05) is 60.7 Å². The van der Waals surface area contributed by atoms with Crippen LogP contribution in [-0.4, -0.2) is 29.2 Å². The third-order valence-corrected chi connectivity index (χ3v) is 6.01. The maximum Gasteiger partial charge on any atom is 0.240 e. The number of likely N-dealkylation sites (tertiary alicyclic amines) is 1. The highest BCUT2D eigenvalue weighted by Crippen LogP contribution is 2.37. The minimum atomic E-state index is -0.217. The first-order valence-electron chi connectivity index (χ1n) is 10.6. The second-order valence-electron chi connectivity index (χ2n) is 8.02. The van der Waals surface area contributed by atoms with E-state index in [-0.39, 0.29) is 42.5 Å². The topological polar surface area (TPSA) is 69.7 Å². The first-order valence-corrected chi connectivity index (χ1v) is 10.6. The largest absolute Gasteiger partial charge is 0.282 e. The van der Waals surface area contributed by atoms with Crippen LogP contribution in [0.1, 0.15) is 37.7 Å². The van der Waals surface area contributed by atoms with E-state index in [1.165, 1.54) is 4.90 Å². The Morgan fingerprint density at radius 3 is 2.07 bits per heavy atom. The lowest BCUT2D eigenvalue weighted by atomic mass is 9.81. The zero-order chi connectivity index (χ0) is 20.9. The normalized spacial score (nSPS) is 20.7. The van der Waals surface area contributed by atoms with Crippen LogP contribution >= 0.6 is 0 Å². The van der Waals surface area contributed by atoms with E-state index in [2.05, 4.69) is 5.43 Å². The monoisotopic (exact) mass is 405 g/mol. The van der Waals surface area contributed by atoms with Gasteiger partial charge in [-0.2, -0.15) is 0 Å². The molecule has 0 spiro atoms. The van der Waals surface area contributed by atoms with Gasteiger partial charge in [-0.1, -0.05) is 61.4 Å². The molecule has 4 rings (SSSR count). The standard InChI is InChI=1S/C24H27N3O3/c28-22(15-16-26-23(29)20-13-7-8-14-21(20)24(26)30)25-27(19-11-5-2-6-12-19)17-18-9-3-1-4-10-18/h1-6,9-12,20-21H,7-8,13-17H2,(H,25,28). The maximum absolute atomic E-state index is 12.7. The molecule has 0 radical (unpaired) electrons. The Labute approximate surface area is 176 Å². The average Bonchev–Trinajstić information content (AvgIpc) is 3.03. The molecule has 2 aliphatic rings. The van der Waals surface area contributed by atoms with Crippen molar-refractivity contribution in [3.05, 3.63) is 66.2 Å². The molecule has 2 aromatic carbocycles. The second kappa shape index (κ2) is 9.11. The van der Waals surface area contributed by atoms with Crippen molar-refractivity contribution in [2.75, 3.05) is 11.6 Å². The van der Waals surface area contributed by atoms with E-state index in [4.69, 9.17) is 0 Å². The summed E-state index contributed by atoms with van der Waals surface area (Å²) in [7, 11) is 0. The van der Waals surface area contributed by atoms with Crippen molar-refractivity contribution in [2.45, 2.75) is 38.6 Å². The summed E-state index contributed by atoms with van der Waals surface area (Å²) in [6, 6.07) is 19.5. The second-order valence-corrected chi connectivity index (χ2v) is 8.02. The van der Waals surface area contributed by atoms with Gasteiger partial charge in [0.15, 0.2) is 0 Å². The lowest BCUT2D eigenvalue weighted by Gasteiger charge is -2.26.